The van der Waals surface area contributed by atoms with E-state index in [2.05, 4.69) is 29.3 Å². The summed E-state index contributed by atoms with van der Waals surface area (Å²) in [6, 6.07) is 6.34. The van der Waals surface area contributed by atoms with E-state index in [-0.39, 0.29) is 0 Å². The molecule has 0 fully saturated rings. The maximum Gasteiger partial charge on any atom is 0.218 e. The minimum absolute atomic E-state index is 0.297. The third-order valence-corrected chi connectivity index (χ3v) is 5.36. The molecule has 7 heteroatoms. The van der Waals surface area contributed by atoms with Crippen molar-refractivity contribution in [3.63, 3.8) is 0 Å². The molecule has 5 nitrogen and oxygen atoms in total. The van der Waals surface area contributed by atoms with Crippen LogP contribution in [0.1, 0.15) is 50.1 Å². The second-order valence-electron chi connectivity index (χ2n) is 7.83. The van der Waals surface area contributed by atoms with Crippen molar-refractivity contribution >= 4 is 23.6 Å². The van der Waals surface area contributed by atoms with Gasteiger partial charge in [0.2, 0.25) is 5.06 Å². The summed E-state index contributed by atoms with van der Waals surface area (Å²) < 4.78 is 23.6. The quantitative estimate of drug-likeness (QED) is 0.442. The molecule has 0 aliphatic carbocycles. The molecule has 1 aromatic carbocycles. The predicted molar refractivity (Wildman–Crippen MR) is 113 cm³/mol. The number of benzene rings is 1. The van der Waals surface area contributed by atoms with Crippen molar-refractivity contribution in [3.8, 4) is 16.9 Å². The van der Waals surface area contributed by atoms with Crippen LogP contribution < -0.4 is 4.74 Å². The number of halogens is 1. The van der Waals surface area contributed by atoms with Gasteiger partial charge < -0.3 is 9.64 Å². The van der Waals surface area contributed by atoms with Gasteiger partial charge in [-0.15, -0.1) is 0 Å². The van der Waals surface area contributed by atoms with E-state index < -0.39 is 12.1 Å². The standard InChI is InChI=1S/C21H27FN4OS/c1-13(2)26(7)12-24-17-8-15(4)18(9-14(17)3)27-20-16(10-23)19(25-28-20)21(5,6)11-22/h8-9,12-13H,11H2,1-7H3/b24-12-. The number of rotatable bonds is 7. The van der Waals surface area contributed by atoms with Crippen LogP contribution in [0.15, 0.2) is 17.1 Å². The number of nitrogens with zero attached hydrogens (tertiary/aromatic N) is 4. The first kappa shape index (κ1) is 21.8. The van der Waals surface area contributed by atoms with Crippen LogP contribution in [0.2, 0.25) is 0 Å². The summed E-state index contributed by atoms with van der Waals surface area (Å²) >= 11 is 1.08. The number of aryl methyl sites for hydroxylation is 2. The molecule has 0 atom stereocenters. The number of hydrogen-bond donors (Lipinski definition) is 0. The van der Waals surface area contributed by atoms with E-state index in [9.17, 15) is 9.65 Å². The summed E-state index contributed by atoms with van der Waals surface area (Å²) in [4.78, 5) is 6.59. The van der Waals surface area contributed by atoms with Crippen molar-refractivity contribution in [2.75, 3.05) is 13.7 Å². The number of ether oxygens (including phenoxy) is 1. The highest BCUT2D eigenvalue weighted by Gasteiger charge is 2.30. The normalized spacial score (nSPS) is 11.9. The van der Waals surface area contributed by atoms with E-state index in [1.165, 1.54) is 0 Å². The SMILES string of the molecule is Cc1cc(Oc2snc(C(C)(C)CF)c2C#N)c(C)cc1/N=C\N(C)C(C)C. The number of aliphatic imine (C=N–C) groups is 1. The Morgan fingerprint density at radius 1 is 1.36 bits per heavy atom. The van der Waals surface area contributed by atoms with Gasteiger partial charge in [-0.25, -0.2) is 4.99 Å². The van der Waals surface area contributed by atoms with Gasteiger partial charge in [0.15, 0.2) is 0 Å². The molecule has 1 heterocycles. The number of aromatic nitrogens is 1. The van der Waals surface area contributed by atoms with Crippen LogP contribution in [0.25, 0.3) is 0 Å². The zero-order valence-corrected chi connectivity index (χ0v) is 18.3. The highest BCUT2D eigenvalue weighted by atomic mass is 32.1. The second-order valence-corrected chi connectivity index (χ2v) is 8.57. The van der Waals surface area contributed by atoms with Crippen molar-refractivity contribution in [1.82, 2.24) is 9.27 Å². The molecule has 150 valence electrons. The molecular formula is C21H27FN4OS. The summed E-state index contributed by atoms with van der Waals surface area (Å²) in [5.41, 5.74) is 2.63. The number of alkyl halides is 1. The molecule has 0 saturated heterocycles. The van der Waals surface area contributed by atoms with Crippen molar-refractivity contribution in [2.45, 2.75) is 53.0 Å². The van der Waals surface area contributed by atoms with Crippen LogP contribution in [0, 0.1) is 25.2 Å². The van der Waals surface area contributed by atoms with Gasteiger partial charge in [0.05, 0.1) is 17.7 Å². The lowest BCUT2D eigenvalue weighted by Crippen LogP contribution is -2.24. The third-order valence-electron chi connectivity index (χ3n) is 4.64. The molecule has 0 unspecified atom stereocenters. The van der Waals surface area contributed by atoms with Gasteiger partial charge in [0.25, 0.3) is 0 Å². The number of nitriles is 1. The second kappa shape index (κ2) is 8.70. The van der Waals surface area contributed by atoms with Gasteiger partial charge >= 0.3 is 0 Å². The molecule has 2 rings (SSSR count). The maximum atomic E-state index is 13.3. The Hall–Kier alpha value is -2.46. The molecule has 28 heavy (non-hydrogen) atoms. The summed E-state index contributed by atoms with van der Waals surface area (Å²) in [5, 5.41) is 9.94. The lowest BCUT2D eigenvalue weighted by molar-refractivity contribution is 0.345. The van der Waals surface area contributed by atoms with E-state index >= 15 is 0 Å². The molecule has 0 saturated carbocycles. The average molecular weight is 403 g/mol. The minimum atomic E-state index is -0.824. The van der Waals surface area contributed by atoms with Gasteiger partial charge in [-0.05, 0) is 51.0 Å². The van der Waals surface area contributed by atoms with Crippen molar-refractivity contribution < 1.29 is 9.13 Å². The van der Waals surface area contributed by atoms with Crippen LogP contribution in [0.3, 0.4) is 0 Å². The van der Waals surface area contributed by atoms with Gasteiger partial charge in [-0.1, -0.05) is 13.8 Å². The Balaban J connectivity index is 2.34. The van der Waals surface area contributed by atoms with Gasteiger partial charge in [-0.3, -0.25) is 4.39 Å². The summed E-state index contributed by atoms with van der Waals surface area (Å²) in [6.07, 6.45) is 1.81. The van der Waals surface area contributed by atoms with E-state index in [1.54, 1.807) is 13.8 Å². The Morgan fingerprint density at radius 3 is 2.61 bits per heavy atom. The summed E-state index contributed by atoms with van der Waals surface area (Å²) in [5.74, 6) is 0.637. The van der Waals surface area contributed by atoms with Crippen LogP contribution >= 0.6 is 11.5 Å². The molecule has 0 amide bonds. The fraction of sp³-hybridized carbons (Fsp3) is 0.476. The van der Waals surface area contributed by atoms with Crippen molar-refractivity contribution in [2.24, 2.45) is 4.99 Å². The summed E-state index contributed by atoms with van der Waals surface area (Å²) in [6.45, 7) is 10.9. The molecule has 0 aliphatic rings. The summed E-state index contributed by atoms with van der Waals surface area (Å²) in [7, 11) is 1.98. The molecule has 0 radical (unpaired) electrons. The lowest BCUT2D eigenvalue weighted by atomic mass is 9.89. The first-order valence-electron chi connectivity index (χ1n) is 9.12. The maximum absolute atomic E-state index is 13.3. The molecule has 0 N–H and O–H groups in total. The van der Waals surface area contributed by atoms with E-state index in [0.717, 1.165) is 28.3 Å². The Bertz CT molecular complexity index is 912. The first-order chi connectivity index (χ1) is 13.1. The third kappa shape index (κ3) is 4.68. The van der Waals surface area contributed by atoms with Crippen molar-refractivity contribution in [1.29, 1.82) is 5.26 Å². The molecular weight excluding hydrogens is 375 g/mol. The van der Waals surface area contributed by atoms with Gasteiger partial charge in [-0.2, -0.15) is 9.64 Å². The van der Waals surface area contributed by atoms with E-state index in [0.29, 0.717) is 28.1 Å². The lowest BCUT2D eigenvalue weighted by Gasteiger charge is -2.18. The highest BCUT2D eigenvalue weighted by molar-refractivity contribution is 7.08. The predicted octanol–water partition coefficient (Wildman–Crippen LogP) is 5.67. The van der Waals surface area contributed by atoms with Crippen LogP contribution in [0.5, 0.6) is 10.8 Å². The van der Waals surface area contributed by atoms with Gasteiger partial charge in [0, 0.05) is 30.0 Å². The van der Waals surface area contributed by atoms with Gasteiger partial charge in [0.1, 0.15) is 24.1 Å². The van der Waals surface area contributed by atoms with Crippen LogP contribution in [-0.4, -0.2) is 35.4 Å². The van der Waals surface area contributed by atoms with E-state index in [1.807, 2.05) is 44.3 Å². The average Bonchev–Trinajstić information content (AvgIpc) is 3.06. The molecule has 2 aromatic rings. The highest BCUT2D eigenvalue weighted by Crippen LogP contribution is 2.39. The molecule has 0 aliphatic heterocycles. The Morgan fingerprint density at radius 2 is 2.04 bits per heavy atom. The van der Waals surface area contributed by atoms with Crippen LogP contribution in [-0.2, 0) is 5.41 Å². The number of hydrogen-bond acceptors (Lipinski definition) is 5. The zero-order chi connectivity index (χ0) is 21.1. The fourth-order valence-corrected chi connectivity index (χ4v) is 3.25. The Kier molecular flexibility index (Phi) is 6.78. The monoisotopic (exact) mass is 402 g/mol. The van der Waals surface area contributed by atoms with Crippen LogP contribution in [0.4, 0.5) is 10.1 Å². The van der Waals surface area contributed by atoms with Crippen molar-refractivity contribution in [3.05, 3.63) is 34.5 Å². The smallest absolute Gasteiger partial charge is 0.218 e. The first-order valence-corrected chi connectivity index (χ1v) is 9.89. The van der Waals surface area contributed by atoms with E-state index in [4.69, 9.17) is 4.74 Å². The zero-order valence-electron chi connectivity index (χ0n) is 17.5. The fourth-order valence-electron chi connectivity index (χ4n) is 2.38. The molecule has 1 aromatic heterocycles. The minimum Gasteiger partial charge on any atom is -0.443 e. The molecule has 0 bridgehead atoms. The molecule has 0 spiro atoms. The Labute approximate surface area is 170 Å². The topological polar surface area (TPSA) is 61.5 Å². The largest absolute Gasteiger partial charge is 0.443 e.